The van der Waals surface area contributed by atoms with Gasteiger partial charge >= 0.3 is 0 Å². The Balaban J connectivity index is 1.27. The van der Waals surface area contributed by atoms with Crippen molar-refractivity contribution in [2.75, 3.05) is 4.90 Å². The van der Waals surface area contributed by atoms with Gasteiger partial charge in [-0.3, -0.25) is 0 Å². The molecule has 1 heteroatoms. The smallest absolute Gasteiger partial charge is 0.0806 e. The van der Waals surface area contributed by atoms with E-state index in [1.807, 2.05) is 0 Å². The number of nitrogens with zero attached hydrogens (tertiary/aromatic N) is 1. The Morgan fingerprint density at radius 1 is 0.589 bits per heavy atom. The minimum absolute atomic E-state index is 0.0929. The number of aryl methyl sites for hydroxylation is 1. The molecule has 2 unspecified atom stereocenters. The first-order valence-corrected chi connectivity index (χ1v) is 19.5. The van der Waals surface area contributed by atoms with Crippen LogP contribution in [0.15, 0.2) is 133 Å². The fourth-order valence-corrected chi connectivity index (χ4v) is 7.60. The van der Waals surface area contributed by atoms with Gasteiger partial charge in [0.1, 0.15) is 0 Å². The maximum absolute atomic E-state index is 5.29. The highest BCUT2D eigenvalue weighted by Crippen LogP contribution is 2.51. The van der Waals surface area contributed by atoms with Crippen LogP contribution in [0.3, 0.4) is 0 Å². The van der Waals surface area contributed by atoms with Crippen LogP contribution in [0.2, 0.25) is 0 Å². The normalized spacial score (nSPS) is 14.3. The fraction of sp³-hybridized carbons (Fsp3) is 0.200. The summed E-state index contributed by atoms with van der Waals surface area (Å²) in [5.74, 6) is 20.5. The zero-order valence-electron chi connectivity index (χ0n) is 33.5. The fourth-order valence-electron chi connectivity index (χ4n) is 7.60. The van der Waals surface area contributed by atoms with Gasteiger partial charge in [0.2, 0.25) is 0 Å². The lowest BCUT2D eigenvalue weighted by Gasteiger charge is -2.26. The van der Waals surface area contributed by atoms with Gasteiger partial charge < -0.3 is 4.90 Å². The molecule has 0 N–H and O–H groups in total. The molecule has 0 saturated carbocycles. The number of hydrogen-bond acceptors (Lipinski definition) is 1. The quantitative estimate of drug-likeness (QED) is 0.148. The molecule has 0 spiro atoms. The van der Waals surface area contributed by atoms with Gasteiger partial charge in [-0.15, -0.1) is 6.42 Å². The Morgan fingerprint density at radius 3 is 1.54 bits per heavy atom. The number of fused-ring (bicyclic) bond motifs is 3. The number of anilines is 3. The number of terminal acetylenes is 1. The summed E-state index contributed by atoms with van der Waals surface area (Å²) in [5, 5.41) is 0. The summed E-state index contributed by atoms with van der Waals surface area (Å²) in [5.41, 5.74) is 16.1. The minimum Gasteiger partial charge on any atom is -0.311 e. The molecule has 1 aliphatic carbocycles. The van der Waals surface area contributed by atoms with E-state index >= 15 is 0 Å². The molecule has 0 saturated heterocycles. The largest absolute Gasteiger partial charge is 0.311 e. The van der Waals surface area contributed by atoms with Crippen LogP contribution in [-0.4, -0.2) is 0 Å². The predicted octanol–water partition coefficient (Wildman–Crippen LogP) is 13.5. The highest BCUT2D eigenvalue weighted by atomic mass is 15.1. The van der Waals surface area contributed by atoms with Crippen LogP contribution in [0, 0.1) is 54.8 Å². The Kier molecular flexibility index (Phi) is 10.5. The average molecular weight is 722 g/mol. The van der Waals surface area contributed by atoms with Crippen LogP contribution in [0.1, 0.15) is 81.7 Å². The maximum Gasteiger partial charge on any atom is 0.0806 e. The number of benzene rings is 6. The van der Waals surface area contributed by atoms with Gasteiger partial charge in [0.05, 0.1) is 5.41 Å². The van der Waals surface area contributed by atoms with Gasteiger partial charge in [-0.25, -0.2) is 0 Å². The summed E-state index contributed by atoms with van der Waals surface area (Å²) in [6.45, 7) is 15.6. The van der Waals surface area contributed by atoms with Gasteiger partial charge in [0, 0.05) is 17.1 Å². The van der Waals surface area contributed by atoms with Crippen molar-refractivity contribution >= 4 is 17.1 Å². The zero-order valence-corrected chi connectivity index (χ0v) is 33.5. The molecule has 6 aromatic rings. The van der Waals surface area contributed by atoms with Gasteiger partial charge in [0.25, 0.3) is 0 Å². The summed E-state index contributed by atoms with van der Waals surface area (Å²) in [7, 11) is 0. The van der Waals surface area contributed by atoms with Gasteiger partial charge in [-0.2, -0.15) is 0 Å². The first-order chi connectivity index (χ1) is 27.0. The molecule has 6 aromatic carbocycles. The molecule has 56 heavy (non-hydrogen) atoms. The molecule has 0 radical (unpaired) electrons. The SMILES string of the molecule is C#CC#CC#CC#CC1(C)c2cc(-c3ccc(N(c4ccc(C)cc4)c4ccc(C(C)CC)cc4)cc3)ccc2-c2ccc(-c3ccc(C(C)(C)C)cc3)cc21. The summed E-state index contributed by atoms with van der Waals surface area (Å²) in [6.07, 6.45) is 6.41. The van der Waals surface area contributed by atoms with E-state index in [2.05, 4.69) is 228 Å². The Bertz CT molecular complexity index is 2630. The van der Waals surface area contributed by atoms with E-state index in [4.69, 9.17) is 6.42 Å². The van der Waals surface area contributed by atoms with Crippen LogP contribution < -0.4 is 4.90 Å². The molecule has 1 aliphatic rings. The molecular formula is C55H47N. The van der Waals surface area contributed by atoms with Crippen molar-refractivity contribution in [1.82, 2.24) is 0 Å². The van der Waals surface area contributed by atoms with E-state index in [-0.39, 0.29) is 5.41 Å². The zero-order chi connectivity index (χ0) is 39.5. The molecule has 0 aliphatic heterocycles. The lowest BCUT2D eigenvalue weighted by molar-refractivity contribution is 0.590. The van der Waals surface area contributed by atoms with Crippen LogP contribution in [0.25, 0.3) is 33.4 Å². The Labute approximate surface area is 334 Å². The summed E-state index contributed by atoms with van der Waals surface area (Å²) in [4.78, 5) is 2.33. The molecule has 0 heterocycles. The molecule has 0 fully saturated rings. The van der Waals surface area contributed by atoms with E-state index in [1.165, 1.54) is 50.1 Å². The van der Waals surface area contributed by atoms with E-state index in [0.717, 1.165) is 34.6 Å². The molecule has 0 bridgehead atoms. The molecule has 0 amide bonds. The summed E-state index contributed by atoms with van der Waals surface area (Å²) >= 11 is 0. The van der Waals surface area contributed by atoms with E-state index in [9.17, 15) is 0 Å². The maximum atomic E-state index is 5.29. The molecular weight excluding hydrogens is 675 g/mol. The van der Waals surface area contributed by atoms with Gasteiger partial charge in [-0.1, -0.05) is 131 Å². The highest BCUT2D eigenvalue weighted by molar-refractivity contribution is 5.88. The Hall–Kier alpha value is -6.64. The van der Waals surface area contributed by atoms with Crippen LogP contribution in [-0.2, 0) is 10.8 Å². The van der Waals surface area contributed by atoms with Crippen LogP contribution >= 0.6 is 0 Å². The second-order valence-corrected chi connectivity index (χ2v) is 16.0. The molecule has 2 atom stereocenters. The first kappa shape index (κ1) is 37.7. The van der Waals surface area contributed by atoms with Crippen molar-refractivity contribution in [3.8, 4) is 81.2 Å². The van der Waals surface area contributed by atoms with Gasteiger partial charge in [0.15, 0.2) is 0 Å². The highest BCUT2D eigenvalue weighted by Gasteiger charge is 2.39. The van der Waals surface area contributed by atoms with Crippen molar-refractivity contribution in [3.63, 3.8) is 0 Å². The van der Waals surface area contributed by atoms with Crippen molar-refractivity contribution in [1.29, 1.82) is 0 Å². The average Bonchev–Trinajstić information content (AvgIpc) is 3.46. The summed E-state index contributed by atoms with van der Waals surface area (Å²) < 4.78 is 0. The summed E-state index contributed by atoms with van der Waals surface area (Å²) in [6, 6.07) is 49.2. The first-order valence-electron chi connectivity index (χ1n) is 19.5. The number of rotatable bonds is 7. The predicted molar refractivity (Wildman–Crippen MR) is 238 cm³/mol. The monoisotopic (exact) mass is 721 g/mol. The van der Waals surface area contributed by atoms with Gasteiger partial charge in [-0.05, 0) is 171 Å². The topological polar surface area (TPSA) is 3.24 Å². The van der Waals surface area contributed by atoms with Crippen molar-refractivity contribution in [2.24, 2.45) is 0 Å². The molecule has 1 nitrogen and oxygen atoms in total. The number of hydrogen-bond donors (Lipinski definition) is 0. The van der Waals surface area contributed by atoms with Crippen molar-refractivity contribution in [2.45, 2.75) is 71.6 Å². The minimum atomic E-state index is -0.597. The van der Waals surface area contributed by atoms with Crippen molar-refractivity contribution in [3.05, 3.63) is 161 Å². The lowest BCUT2D eigenvalue weighted by Crippen LogP contribution is -2.18. The van der Waals surface area contributed by atoms with E-state index < -0.39 is 5.41 Å². The third-order valence-corrected chi connectivity index (χ3v) is 11.2. The third-order valence-electron chi connectivity index (χ3n) is 11.2. The van der Waals surface area contributed by atoms with E-state index in [1.54, 1.807) is 0 Å². The lowest BCUT2D eigenvalue weighted by atomic mass is 9.79. The second kappa shape index (κ2) is 15.6. The van der Waals surface area contributed by atoms with Crippen molar-refractivity contribution < 1.29 is 0 Å². The molecule has 272 valence electrons. The third kappa shape index (κ3) is 7.52. The molecule has 7 rings (SSSR count). The second-order valence-electron chi connectivity index (χ2n) is 16.0. The Morgan fingerprint density at radius 2 is 1.04 bits per heavy atom. The standard InChI is InChI=1S/C55H47N/c1-9-11-12-13-14-15-36-55(8)52-37-44(42-18-26-46(27-19-42)54(5,6)7)24-34-50(52)51-35-25-45(38-53(51)55)43-22-32-49(33-23-43)56(47-28-16-39(3)17-29-47)48-30-20-41(21-31-48)40(4)10-2/h1,16-35,37-38,40H,10H2,2-8H3. The van der Waals surface area contributed by atoms with Crippen LogP contribution in [0.5, 0.6) is 0 Å². The van der Waals surface area contributed by atoms with Crippen LogP contribution in [0.4, 0.5) is 17.1 Å². The molecule has 0 aromatic heterocycles. The van der Waals surface area contributed by atoms with E-state index in [0.29, 0.717) is 5.92 Å².